The molecule has 2 aromatic heterocycles. The van der Waals surface area contributed by atoms with Crippen LogP contribution in [0, 0.1) is 6.92 Å². The summed E-state index contributed by atoms with van der Waals surface area (Å²) in [6.07, 6.45) is 3.52. The minimum atomic E-state index is -0.110. The van der Waals surface area contributed by atoms with Gasteiger partial charge in [-0.3, -0.25) is 9.78 Å². The Hall–Kier alpha value is -3.31. The largest absolute Gasteiger partial charge is 0.322 e. The van der Waals surface area contributed by atoms with E-state index in [0.717, 1.165) is 33.1 Å². The number of hydrogen-bond donors (Lipinski definition) is 1. The van der Waals surface area contributed by atoms with Gasteiger partial charge in [-0.2, -0.15) is 0 Å². The topological polar surface area (TPSA) is 54.9 Å². The Morgan fingerprint density at radius 2 is 1.78 bits per heavy atom. The van der Waals surface area contributed by atoms with Crippen molar-refractivity contribution in [1.29, 1.82) is 0 Å². The summed E-state index contributed by atoms with van der Waals surface area (Å²) in [6, 6.07) is 19.2. The van der Waals surface area contributed by atoms with E-state index < -0.39 is 0 Å². The first-order valence-electron chi connectivity index (χ1n) is 8.54. The molecule has 5 heteroatoms. The van der Waals surface area contributed by atoms with Crippen molar-refractivity contribution in [3.8, 4) is 21.8 Å². The zero-order valence-electron chi connectivity index (χ0n) is 14.7. The Kier molecular flexibility index (Phi) is 4.77. The van der Waals surface area contributed by atoms with Crippen LogP contribution in [0.3, 0.4) is 0 Å². The standard InChI is InChI=1S/C22H17N3OS/c1-15-5-2-3-8-19(15)21(26)24-18-7-4-6-17(13-18)20-14-27-22(25-20)16-9-11-23-12-10-16/h2-14H,1H3,(H,24,26). The van der Waals surface area contributed by atoms with Crippen LogP contribution in [0.15, 0.2) is 78.4 Å². The maximum absolute atomic E-state index is 12.5. The second-order valence-corrected chi connectivity index (χ2v) is 6.98. The maximum Gasteiger partial charge on any atom is 0.255 e. The molecule has 4 nitrogen and oxygen atoms in total. The number of nitrogens with one attached hydrogen (secondary N) is 1. The van der Waals surface area contributed by atoms with E-state index in [1.165, 1.54) is 0 Å². The van der Waals surface area contributed by atoms with Crippen molar-refractivity contribution in [2.75, 3.05) is 5.32 Å². The summed E-state index contributed by atoms with van der Waals surface area (Å²) in [5, 5.41) is 5.95. The van der Waals surface area contributed by atoms with Crippen LogP contribution in [0.4, 0.5) is 5.69 Å². The number of aromatic nitrogens is 2. The van der Waals surface area contributed by atoms with E-state index in [2.05, 4.69) is 10.3 Å². The molecule has 0 saturated carbocycles. The summed E-state index contributed by atoms with van der Waals surface area (Å²) in [4.78, 5) is 21.3. The van der Waals surface area contributed by atoms with E-state index in [4.69, 9.17) is 4.98 Å². The Bertz CT molecular complexity index is 1090. The first kappa shape index (κ1) is 17.1. The third-order valence-electron chi connectivity index (χ3n) is 4.24. The monoisotopic (exact) mass is 371 g/mol. The van der Waals surface area contributed by atoms with Crippen molar-refractivity contribution < 1.29 is 4.79 Å². The highest BCUT2D eigenvalue weighted by molar-refractivity contribution is 7.13. The van der Waals surface area contributed by atoms with Crippen LogP contribution < -0.4 is 5.32 Å². The number of amides is 1. The fraction of sp³-hybridized carbons (Fsp3) is 0.0455. The van der Waals surface area contributed by atoms with Gasteiger partial charge in [0.2, 0.25) is 0 Å². The van der Waals surface area contributed by atoms with Crippen LogP contribution in [0.25, 0.3) is 21.8 Å². The lowest BCUT2D eigenvalue weighted by Gasteiger charge is -2.08. The molecule has 2 aromatic carbocycles. The van der Waals surface area contributed by atoms with Crippen LogP contribution in [0.1, 0.15) is 15.9 Å². The van der Waals surface area contributed by atoms with Gasteiger partial charge in [-0.25, -0.2) is 4.98 Å². The molecule has 27 heavy (non-hydrogen) atoms. The molecule has 0 atom stereocenters. The van der Waals surface area contributed by atoms with E-state index >= 15 is 0 Å². The second-order valence-electron chi connectivity index (χ2n) is 6.12. The Morgan fingerprint density at radius 1 is 0.963 bits per heavy atom. The van der Waals surface area contributed by atoms with Crippen molar-refractivity contribution >= 4 is 22.9 Å². The lowest BCUT2D eigenvalue weighted by molar-refractivity contribution is 0.102. The van der Waals surface area contributed by atoms with Crippen molar-refractivity contribution in [3.05, 3.63) is 89.6 Å². The Morgan fingerprint density at radius 3 is 2.59 bits per heavy atom. The molecule has 0 bridgehead atoms. The number of thiazole rings is 1. The number of carbonyl (C=O) groups is 1. The first-order valence-corrected chi connectivity index (χ1v) is 9.42. The smallest absolute Gasteiger partial charge is 0.255 e. The number of rotatable bonds is 4. The summed E-state index contributed by atoms with van der Waals surface area (Å²) in [7, 11) is 0. The average Bonchev–Trinajstić information content (AvgIpc) is 3.19. The van der Waals surface area contributed by atoms with Gasteiger partial charge in [0.05, 0.1) is 5.69 Å². The predicted molar refractivity (Wildman–Crippen MR) is 110 cm³/mol. The molecule has 2 heterocycles. The van der Waals surface area contributed by atoms with Gasteiger partial charge in [0.1, 0.15) is 5.01 Å². The van der Waals surface area contributed by atoms with Crippen molar-refractivity contribution in [3.63, 3.8) is 0 Å². The lowest BCUT2D eigenvalue weighted by atomic mass is 10.1. The molecule has 0 aliphatic rings. The molecular formula is C22H17N3OS. The summed E-state index contributed by atoms with van der Waals surface area (Å²) in [6.45, 7) is 1.93. The molecule has 0 aliphatic carbocycles. The highest BCUT2D eigenvalue weighted by atomic mass is 32.1. The van der Waals surface area contributed by atoms with Gasteiger partial charge < -0.3 is 5.32 Å². The van der Waals surface area contributed by atoms with Crippen LogP contribution in [-0.4, -0.2) is 15.9 Å². The second kappa shape index (κ2) is 7.51. The maximum atomic E-state index is 12.5. The molecular weight excluding hydrogens is 354 g/mol. The van der Waals surface area contributed by atoms with E-state index in [1.54, 1.807) is 23.7 Å². The highest BCUT2D eigenvalue weighted by Crippen LogP contribution is 2.29. The molecule has 1 amide bonds. The van der Waals surface area contributed by atoms with Gasteiger partial charge in [0, 0.05) is 40.2 Å². The molecule has 132 valence electrons. The number of pyridine rings is 1. The molecule has 1 N–H and O–H groups in total. The number of nitrogens with zero attached hydrogens (tertiary/aromatic N) is 2. The average molecular weight is 371 g/mol. The van der Waals surface area contributed by atoms with Crippen molar-refractivity contribution in [1.82, 2.24) is 9.97 Å². The fourth-order valence-electron chi connectivity index (χ4n) is 2.82. The van der Waals surface area contributed by atoms with E-state index in [-0.39, 0.29) is 5.91 Å². The van der Waals surface area contributed by atoms with Crippen LogP contribution in [-0.2, 0) is 0 Å². The number of carbonyl (C=O) groups excluding carboxylic acids is 1. The van der Waals surface area contributed by atoms with E-state index in [0.29, 0.717) is 5.56 Å². The summed E-state index contributed by atoms with van der Waals surface area (Å²) in [5.74, 6) is -0.110. The van der Waals surface area contributed by atoms with Gasteiger partial charge in [-0.1, -0.05) is 30.3 Å². The van der Waals surface area contributed by atoms with Crippen molar-refractivity contribution in [2.24, 2.45) is 0 Å². The molecule has 0 radical (unpaired) electrons. The summed E-state index contributed by atoms with van der Waals surface area (Å²) in [5.41, 5.74) is 5.28. The SMILES string of the molecule is Cc1ccccc1C(=O)Nc1cccc(-c2csc(-c3ccncc3)n2)c1. The number of benzene rings is 2. The minimum Gasteiger partial charge on any atom is -0.322 e. The molecule has 0 fully saturated rings. The third kappa shape index (κ3) is 3.78. The zero-order chi connectivity index (χ0) is 18.6. The Balaban J connectivity index is 1.57. The normalized spacial score (nSPS) is 10.6. The van der Waals surface area contributed by atoms with Gasteiger partial charge in [0.15, 0.2) is 0 Å². The Labute approximate surface area is 161 Å². The van der Waals surface area contributed by atoms with Gasteiger partial charge in [-0.15, -0.1) is 11.3 Å². The molecule has 0 saturated heterocycles. The van der Waals surface area contributed by atoms with Crippen molar-refractivity contribution in [2.45, 2.75) is 6.92 Å². The van der Waals surface area contributed by atoms with Gasteiger partial charge >= 0.3 is 0 Å². The molecule has 4 aromatic rings. The first-order chi connectivity index (χ1) is 13.2. The van der Waals surface area contributed by atoms with Gasteiger partial charge in [-0.05, 0) is 42.8 Å². The highest BCUT2D eigenvalue weighted by Gasteiger charge is 2.10. The number of aryl methyl sites for hydroxylation is 1. The fourth-order valence-corrected chi connectivity index (χ4v) is 3.65. The molecule has 0 unspecified atom stereocenters. The zero-order valence-corrected chi connectivity index (χ0v) is 15.5. The minimum absolute atomic E-state index is 0.110. The summed E-state index contributed by atoms with van der Waals surface area (Å²) >= 11 is 1.59. The third-order valence-corrected chi connectivity index (χ3v) is 5.13. The quantitative estimate of drug-likeness (QED) is 0.520. The van der Waals surface area contributed by atoms with Crippen LogP contribution in [0.2, 0.25) is 0 Å². The van der Waals surface area contributed by atoms with Crippen LogP contribution in [0.5, 0.6) is 0 Å². The lowest BCUT2D eigenvalue weighted by Crippen LogP contribution is -2.13. The molecule has 4 rings (SSSR count). The van der Waals surface area contributed by atoms with E-state index in [9.17, 15) is 4.79 Å². The number of hydrogen-bond acceptors (Lipinski definition) is 4. The number of anilines is 1. The molecule has 0 aliphatic heterocycles. The predicted octanol–water partition coefficient (Wildman–Crippen LogP) is 5.43. The van der Waals surface area contributed by atoms with E-state index in [1.807, 2.05) is 73.0 Å². The molecule has 0 spiro atoms. The van der Waals surface area contributed by atoms with Gasteiger partial charge in [0.25, 0.3) is 5.91 Å². The summed E-state index contributed by atoms with van der Waals surface area (Å²) < 4.78 is 0. The van der Waals surface area contributed by atoms with Crippen LogP contribution >= 0.6 is 11.3 Å².